The van der Waals surface area contributed by atoms with Crippen LogP contribution in [0, 0.1) is 10.1 Å². The van der Waals surface area contributed by atoms with E-state index in [0.29, 0.717) is 0 Å². The number of aliphatic imine (C=N–C) groups is 1. The second kappa shape index (κ2) is 10.1. The molecule has 2 N–H and O–H groups in total. The Morgan fingerprint density at radius 3 is 2.52 bits per heavy atom. The van der Waals surface area contributed by atoms with Crippen molar-refractivity contribution in [2.45, 2.75) is 25.7 Å². The van der Waals surface area contributed by atoms with Gasteiger partial charge in [-0.1, -0.05) is 12.1 Å². The van der Waals surface area contributed by atoms with Crippen molar-refractivity contribution in [2.75, 3.05) is 20.1 Å². The topological polar surface area (TPSA) is 92.7 Å². The van der Waals surface area contributed by atoms with Crippen LogP contribution in [0.1, 0.15) is 24.2 Å². The van der Waals surface area contributed by atoms with Gasteiger partial charge in [-0.2, -0.15) is 0 Å². The number of nitrogens with zero attached hydrogens (tertiary/aromatic N) is 2. The van der Waals surface area contributed by atoms with Crippen molar-refractivity contribution in [1.82, 2.24) is 10.6 Å². The van der Waals surface area contributed by atoms with E-state index >= 15 is 0 Å². The van der Waals surface area contributed by atoms with Crippen molar-refractivity contribution >= 4 is 11.6 Å². The van der Waals surface area contributed by atoms with E-state index in [4.69, 9.17) is 4.42 Å². The molecular weight excluding hydrogens is 320 g/mol. The van der Waals surface area contributed by atoms with Gasteiger partial charge in [-0.05, 0) is 37.0 Å². The van der Waals surface area contributed by atoms with Crippen LogP contribution in [0.5, 0.6) is 0 Å². The summed E-state index contributed by atoms with van der Waals surface area (Å²) in [7, 11) is 1.75. The second-order valence-electron chi connectivity index (χ2n) is 5.64. The van der Waals surface area contributed by atoms with E-state index in [2.05, 4.69) is 15.6 Å². The standard InChI is InChI=1S/C18H24N4O3/c1-19-18(21-13-11-17-6-4-14-25-17)20-12-3-2-5-15-7-9-16(10-8-15)22(23)24/h4,6-10,14H,2-3,5,11-13H2,1H3,(H2,19,20,21). The summed E-state index contributed by atoms with van der Waals surface area (Å²) in [4.78, 5) is 14.4. The van der Waals surface area contributed by atoms with Gasteiger partial charge < -0.3 is 15.1 Å². The predicted molar refractivity (Wildman–Crippen MR) is 97.8 cm³/mol. The number of non-ortho nitro benzene ring substituents is 1. The number of nitrogens with one attached hydrogen (secondary N) is 2. The highest BCUT2D eigenvalue weighted by Gasteiger charge is 2.04. The SMILES string of the molecule is CN=C(NCCCCc1ccc([N+](=O)[O-])cc1)NCCc1ccco1. The molecule has 0 spiro atoms. The van der Waals surface area contributed by atoms with E-state index < -0.39 is 0 Å². The predicted octanol–water partition coefficient (Wildman–Crippen LogP) is 2.92. The van der Waals surface area contributed by atoms with Crippen molar-refractivity contribution in [1.29, 1.82) is 0 Å². The lowest BCUT2D eigenvalue weighted by Gasteiger charge is -2.11. The number of hydrogen-bond acceptors (Lipinski definition) is 4. The number of nitro benzene ring substituents is 1. The molecule has 0 bridgehead atoms. The molecule has 0 aliphatic rings. The molecule has 0 atom stereocenters. The van der Waals surface area contributed by atoms with Gasteiger partial charge in [0.15, 0.2) is 5.96 Å². The summed E-state index contributed by atoms with van der Waals surface area (Å²) >= 11 is 0. The monoisotopic (exact) mass is 344 g/mol. The lowest BCUT2D eigenvalue weighted by molar-refractivity contribution is -0.384. The number of unbranched alkanes of at least 4 members (excludes halogenated alkanes) is 1. The van der Waals surface area contributed by atoms with Crippen LogP contribution in [0.3, 0.4) is 0 Å². The molecule has 1 aromatic heterocycles. The van der Waals surface area contributed by atoms with Crippen molar-refractivity contribution < 1.29 is 9.34 Å². The molecule has 0 amide bonds. The smallest absolute Gasteiger partial charge is 0.269 e. The first-order chi connectivity index (χ1) is 12.2. The minimum Gasteiger partial charge on any atom is -0.469 e. The average Bonchev–Trinajstić information content (AvgIpc) is 3.13. The molecule has 0 aliphatic heterocycles. The minimum absolute atomic E-state index is 0.134. The Hall–Kier alpha value is -2.83. The van der Waals surface area contributed by atoms with Crippen LogP contribution in [0.15, 0.2) is 52.1 Å². The van der Waals surface area contributed by atoms with Crippen LogP contribution >= 0.6 is 0 Å². The van der Waals surface area contributed by atoms with E-state index in [-0.39, 0.29) is 10.6 Å². The third-order valence-corrected chi connectivity index (χ3v) is 3.80. The summed E-state index contributed by atoms with van der Waals surface area (Å²) in [6, 6.07) is 10.6. The van der Waals surface area contributed by atoms with Gasteiger partial charge in [-0.15, -0.1) is 0 Å². The first-order valence-corrected chi connectivity index (χ1v) is 8.39. The fourth-order valence-corrected chi connectivity index (χ4v) is 2.42. The van der Waals surface area contributed by atoms with Gasteiger partial charge in [0.25, 0.3) is 5.69 Å². The van der Waals surface area contributed by atoms with Gasteiger partial charge in [0.05, 0.1) is 11.2 Å². The maximum absolute atomic E-state index is 10.6. The van der Waals surface area contributed by atoms with Crippen LogP contribution in [0.2, 0.25) is 0 Å². The number of nitro groups is 1. The molecule has 0 saturated carbocycles. The zero-order valence-electron chi connectivity index (χ0n) is 14.4. The number of aryl methyl sites for hydroxylation is 1. The molecule has 2 aromatic rings. The van der Waals surface area contributed by atoms with Gasteiger partial charge >= 0.3 is 0 Å². The molecular formula is C18H24N4O3. The fraction of sp³-hybridized carbons (Fsp3) is 0.389. The van der Waals surface area contributed by atoms with Crippen LogP contribution in [-0.4, -0.2) is 31.0 Å². The Kier molecular flexibility index (Phi) is 7.49. The highest BCUT2D eigenvalue weighted by atomic mass is 16.6. The highest BCUT2D eigenvalue weighted by Crippen LogP contribution is 2.13. The van der Waals surface area contributed by atoms with E-state index in [9.17, 15) is 10.1 Å². The van der Waals surface area contributed by atoms with Crippen molar-refractivity contribution in [3.8, 4) is 0 Å². The first kappa shape index (κ1) is 18.5. The summed E-state index contributed by atoms with van der Waals surface area (Å²) in [5.74, 6) is 1.73. The van der Waals surface area contributed by atoms with E-state index in [1.54, 1.807) is 25.4 Å². The summed E-state index contributed by atoms with van der Waals surface area (Å²) in [6.07, 6.45) is 5.40. The van der Waals surface area contributed by atoms with Gasteiger partial charge in [0.1, 0.15) is 5.76 Å². The molecule has 0 saturated heterocycles. The number of benzene rings is 1. The molecule has 1 aromatic carbocycles. The molecule has 0 fully saturated rings. The fourth-order valence-electron chi connectivity index (χ4n) is 2.42. The number of furan rings is 1. The minimum atomic E-state index is -0.377. The molecule has 0 unspecified atom stereocenters. The molecule has 1 heterocycles. The lowest BCUT2D eigenvalue weighted by Crippen LogP contribution is -2.38. The summed E-state index contributed by atoms with van der Waals surface area (Å²) in [5, 5.41) is 17.1. The van der Waals surface area contributed by atoms with Crippen molar-refractivity contribution in [3.05, 3.63) is 64.1 Å². The first-order valence-electron chi connectivity index (χ1n) is 8.39. The molecule has 7 nitrogen and oxygen atoms in total. The van der Waals surface area contributed by atoms with Gasteiger partial charge in [-0.25, -0.2) is 0 Å². The second-order valence-corrected chi connectivity index (χ2v) is 5.64. The van der Waals surface area contributed by atoms with Gasteiger partial charge in [0, 0.05) is 38.7 Å². The van der Waals surface area contributed by atoms with Crippen LogP contribution in [0.25, 0.3) is 0 Å². The van der Waals surface area contributed by atoms with Gasteiger partial charge in [0.2, 0.25) is 0 Å². The number of hydrogen-bond donors (Lipinski definition) is 2. The third-order valence-electron chi connectivity index (χ3n) is 3.80. The van der Waals surface area contributed by atoms with Crippen molar-refractivity contribution in [2.24, 2.45) is 4.99 Å². The Balaban J connectivity index is 1.58. The van der Waals surface area contributed by atoms with E-state index in [0.717, 1.165) is 56.1 Å². The van der Waals surface area contributed by atoms with Crippen molar-refractivity contribution in [3.63, 3.8) is 0 Å². The summed E-state index contributed by atoms with van der Waals surface area (Å²) in [6.45, 7) is 1.59. The zero-order valence-corrected chi connectivity index (χ0v) is 14.4. The zero-order chi connectivity index (χ0) is 17.9. The number of rotatable bonds is 9. The Morgan fingerprint density at radius 2 is 1.88 bits per heavy atom. The Morgan fingerprint density at radius 1 is 1.12 bits per heavy atom. The lowest BCUT2D eigenvalue weighted by atomic mass is 10.1. The molecule has 0 radical (unpaired) electrons. The molecule has 0 aliphatic carbocycles. The Labute approximate surface area is 147 Å². The van der Waals surface area contributed by atoms with Gasteiger partial charge in [-0.3, -0.25) is 15.1 Å². The average molecular weight is 344 g/mol. The van der Waals surface area contributed by atoms with E-state index in [1.807, 2.05) is 24.3 Å². The maximum Gasteiger partial charge on any atom is 0.269 e. The van der Waals surface area contributed by atoms with Crippen LogP contribution < -0.4 is 10.6 Å². The highest BCUT2D eigenvalue weighted by molar-refractivity contribution is 5.79. The Bertz CT molecular complexity index is 666. The van der Waals surface area contributed by atoms with Crippen LogP contribution in [0.4, 0.5) is 5.69 Å². The molecule has 25 heavy (non-hydrogen) atoms. The summed E-state index contributed by atoms with van der Waals surface area (Å²) < 4.78 is 5.29. The van der Waals surface area contributed by atoms with Crippen LogP contribution in [-0.2, 0) is 12.8 Å². The maximum atomic E-state index is 10.6. The third kappa shape index (κ3) is 6.66. The largest absolute Gasteiger partial charge is 0.469 e. The summed E-state index contributed by atoms with van der Waals surface area (Å²) in [5.41, 5.74) is 1.25. The van der Waals surface area contributed by atoms with E-state index in [1.165, 1.54) is 0 Å². The molecule has 7 heteroatoms. The normalized spacial score (nSPS) is 11.3. The number of guanidine groups is 1. The molecule has 2 rings (SSSR count). The quantitative estimate of drug-likeness (QED) is 0.240. The molecule has 134 valence electrons.